The molecule has 1 aromatic rings. The second-order valence-electron chi connectivity index (χ2n) is 2.12. The fourth-order valence-corrected chi connectivity index (χ4v) is 0.553. The molecule has 0 heterocycles. The Hall–Kier alpha value is -1.35. The summed E-state index contributed by atoms with van der Waals surface area (Å²) in [5, 5.41) is 8.74. The summed E-state index contributed by atoms with van der Waals surface area (Å²) in [4.78, 5) is 10.0. The van der Waals surface area contributed by atoms with Gasteiger partial charge in [-0.1, -0.05) is 6.92 Å². The second kappa shape index (κ2) is 6.37. The van der Waals surface area contributed by atoms with E-state index in [1.807, 2.05) is 6.92 Å². The fourth-order valence-electron chi connectivity index (χ4n) is 0.553. The van der Waals surface area contributed by atoms with Gasteiger partial charge in [0.2, 0.25) is 0 Å². The van der Waals surface area contributed by atoms with E-state index >= 15 is 0 Å². The highest BCUT2D eigenvalue weighted by Gasteiger charge is 1.86. The molecule has 0 aliphatic carbocycles. The molecule has 1 aromatic carbocycles. The highest BCUT2D eigenvalue weighted by molar-refractivity contribution is 5.74. The van der Waals surface area contributed by atoms with Crippen LogP contribution in [0.3, 0.4) is 0 Å². The zero-order valence-electron chi connectivity index (χ0n) is 7.03. The molecule has 0 unspecified atom stereocenters. The minimum absolute atomic E-state index is 0.181. The summed E-state index contributed by atoms with van der Waals surface area (Å²) >= 11 is 0. The Morgan fingerprint density at radius 3 is 2.17 bits per heavy atom. The minimum Gasteiger partial charge on any atom is -0.508 e. The molecular formula is C9H13NO2. The normalized spacial score (nSPS) is 8.17. The van der Waals surface area contributed by atoms with E-state index in [0.717, 1.165) is 12.8 Å². The molecule has 66 valence electrons. The summed E-state index contributed by atoms with van der Waals surface area (Å²) in [6, 6.07) is 6.07. The van der Waals surface area contributed by atoms with E-state index < -0.39 is 0 Å². The van der Waals surface area contributed by atoms with E-state index in [2.05, 4.69) is 0 Å². The molecule has 0 atom stereocenters. The maximum atomic E-state index is 10.0. The van der Waals surface area contributed by atoms with Crippen molar-refractivity contribution in [1.29, 1.82) is 0 Å². The van der Waals surface area contributed by atoms with Gasteiger partial charge >= 0.3 is 0 Å². The van der Waals surface area contributed by atoms with E-state index in [1.54, 1.807) is 12.1 Å². The Morgan fingerprint density at radius 2 is 1.83 bits per heavy atom. The topological polar surface area (TPSA) is 63.3 Å². The number of carbonyl (C=O) groups is 1. The maximum Gasteiger partial charge on any atom is 0.150 e. The Balaban J connectivity index is 0.000000354. The van der Waals surface area contributed by atoms with Crippen LogP contribution in [0.1, 0.15) is 17.3 Å². The first-order chi connectivity index (χ1) is 5.74. The first-order valence-electron chi connectivity index (χ1n) is 3.68. The third-order valence-corrected chi connectivity index (χ3v) is 1.03. The molecule has 0 aliphatic rings. The van der Waals surface area contributed by atoms with Crippen LogP contribution in [0, 0.1) is 0 Å². The number of carbonyl (C=O) groups excluding carboxylic acids is 1. The second-order valence-corrected chi connectivity index (χ2v) is 2.12. The summed E-state index contributed by atoms with van der Waals surface area (Å²) < 4.78 is 0. The molecular weight excluding hydrogens is 154 g/mol. The smallest absolute Gasteiger partial charge is 0.150 e. The Morgan fingerprint density at radius 1 is 1.42 bits per heavy atom. The molecule has 0 bridgehead atoms. The van der Waals surface area contributed by atoms with Crippen LogP contribution in [0.2, 0.25) is 0 Å². The van der Waals surface area contributed by atoms with E-state index in [0.29, 0.717) is 5.56 Å². The number of aromatic hydroxyl groups is 1. The highest BCUT2D eigenvalue weighted by atomic mass is 16.3. The largest absolute Gasteiger partial charge is 0.508 e. The Kier molecular flexibility index (Phi) is 5.65. The lowest BCUT2D eigenvalue weighted by molar-refractivity contribution is 0.112. The number of hydrogen-bond donors (Lipinski definition) is 2. The summed E-state index contributed by atoms with van der Waals surface area (Å²) in [6.45, 7) is 2.65. The molecule has 0 saturated heterocycles. The molecule has 0 spiro atoms. The predicted molar refractivity (Wildman–Crippen MR) is 48.2 cm³/mol. The number of phenols is 1. The van der Waals surface area contributed by atoms with Gasteiger partial charge in [-0.25, -0.2) is 0 Å². The van der Waals surface area contributed by atoms with Crippen molar-refractivity contribution in [2.24, 2.45) is 5.73 Å². The van der Waals surface area contributed by atoms with Crippen LogP contribution in [-0.2, 0) is 0 Å². The predicted octanol–water partition coefficient (Wildman–Crippen LogP) is 1.17. The molecule has 12 heavy (non-hydrogen) atoms. The molecule has 1 rings (SSSR count). The van der Waals surface area contributed by atoms with E-state index in [9.17, 15) is 4.79 Å². The number of nitrogens with two attached hydrogens (primary N) is 1. The number of aldehydes is 1. The molecule has 3 nitrogen and oxygen atoms in total. The Labute approximate surface area is 71.8 Å². The zero-order valence-corrected chi connectivity index (χ0v) is 7.03. The third-order valence-electron chi connectivity index (χ3n) is 1.03. The molecule has 3 heteroatoms. The van der Waals surface area contributed by atoms with Crippen molar-refractivity contribution in [2.75, 3.05) is 6.54 Å². The highest BCUT2D eigenvalue weighted by Crippen LogP contribution is 2.07. The zero-order chi connectivity index (χ0) is 9.40. The first kappa shape index (κ1) is 10.7. The molecule has 0 aromatic heterocycles. The lowest BCUT2D eigenvalue weighted by Gasteiger charge is -1.88. The average molecular weight is 167 g/mol. The van der Waals surface area contributed by atoms with Gasteiger partial charge in [0.1, 0.15) is 12.0 Å². The van der Waals surface area contributed by atoms with E-state index in [-0.39, 0.29) is 5.75 Å². The van der Waals surface area contributed by atoms with Gasteiger partial charge in [0.15, 0.2) is 0 Å². The summed E-state index contributed by atoms with van der Waals surface area (Å²) in [7, 11) is 0. The van der Waals surface area contributed by atoms with Gasteiger partial charge in [0.25, 0.3) is 0 Å². The van der Waals surface area contributed by atoms with Gasteiger partial charge in [-0.3, -0.25) is 4.79 Å². The van der Waals surface area contributed by atoms with Gasteiger partial charge in [0, 0.05) is 5.56 Å². The molecule has 0 saturated carbocycles. The lowest BCUT2D eigenvalue weighted by Crippen LogP contribution is -1.87. The Bertz CT molecular complexity index is 218. The van der Waals surface area contributed by atoms with Crippen LogP contribution in [0.15, 0.2) is 24.3 Å². The molecule has 0 radical (unpaired) electrons. The van der Waals surface area contributed by atoms with E-state index in [1.165, 1.54) is 12.1 Å². The van der Waals surface area contributed by atoms with Crippen LogP contribution in [0.4, 0.5) is 0 Å². The standard InChI is InChI=1S/C7H6O2.C2H7N/c8-5-6-1-3-7(9)4-2-6;1-2-3/h1-5,9H;2-3H2,1H3. The van der Waals surface area contributed by atoms with Crippen molar-refractivity contribution < 1.29 is 9.90 Å². The van der Waals surface area contributed by atoms with Gasteiger partial charge < -0.3 is 10.8 Å². The van der Waals surface area contributed by atoms with Crippen LogP contribution in [-0.4, -0.2) is 17.9 Å². The minimum atomic E-state index is 0.181. The number of phenolic OH excluding ortho intramolecular Hbond substituents is 1. The van der Waals surface area contributed by atoms with Crippen molar-refractivity contribution in [2.45, 2.75) is 6.92 Å². The molecule has 0 fully saturated rings. The van der Waals surface area contributed by atoms with Crippen molar-refractivity contribution >= 4 is 6.29 Å². The number of hydrogen-bond acceptors (Lipinski definition) is 3. The van der Waals surface area contributed by atoms with Crippen molar-refractivity contribution in [1.82, 2.24) is 0 Å². The summed E-state index contributed by atoms with van der Waals surface area (Å²) in [5.74, 6) is 0.181. The number of benzene rings is 1. The maximum absolute atomic E-state index is 10.0. The molecule has 0 amide bonds. The summed E-state index contributed by atoms with van der Waals surface area (Å²) in [5.41, 5.74) is 5.42. The van der Waals surface area contributed by atoms with E-state index in [4.69, 9.17) is 10.8 Å². The monoisotopic (exact) mass is 167 g/mol. The van der Waals surface area contributed by atoms with Crippen molar-refractivity contribution in [3.8, 4) is 5.75 Å². The van der Waals surface area contributed by atoms with Crippen LogP contribution < -0.4 is 5.73 Å². The van der Waals surface area contributed by atoms with Crippen LogP contribution >= 0.6 is 0 Å². The molecule has 0 aliphatic heterocycles. The van der Waals surface area contributed by atoms with Crippen molar-refractivity contribution in [3.05, 3.63) is 29.8 Å². The van der Waals surface area contributed by atoms with Gasteiger partial charge in [-0.15, -0.1) is 0 Å². The lowest BCUT2D eigenvalue weighted by atomic mass is 10.2. The van der Waals surface area contributed by atoms with Gasteiger partial charge in [0.05, 0.1) is 0 Å². The molecule has 3 N–H and O–H groups in total. The SMILES string of the molecule is CCN.O=Cc1ccc(O)cc1. The number of rotatable bonds is 1. The third kappa shape index (κ3) is 4.46. The van der Waals surface area contributed by atoms with Gasteiger partial charge in [-0.05, 0) is 30.8 Å². The van der Waals surface area contributed by atoms with Crippen LogP contribution in [0.25, 0.3) is 0 Å². The fraction of sp³-hybridized carbons (Fsp3) is 0.222. The first-order valence-corrected chi connectivity index (χ1v) is 3.68. The summed E-state index contributed by atoms with van der Waals surface area (Å²) in [6.07, 6.45) is 0.736. The van der Waals surface area contributed by atoms with Crippen LogP contribution in [0.5, 0.6) is 5.75 Å². The van der Waals surface area contributed by atoms with Crippen molar-refractivity contribution in [3.63, 3.8) is 0 Å². The van der Waals surface area contributed by atoms with Gasteiger partial charge in [-0.2, -0.15) is 0 Å². The average Bonchev–Trinajstić information content (AvgIpc) is 2.07. The quantitative estimate of drug-likeness (QED) is 0.617.